The average molecular weight is 240 g/mol. The molecule has 0 saturated heterocycles. The van der Waals surface area contributed by atoms with Crippen molar-refractivity contribution >= 4 is 12.0 Å². The Balaban J connectivity index is 2.74. The molecule has 0 heterocycles. The molecule has 1 rings (SSSR count). The summed E-state index contributed by atoms with van der Waals surface area (Å²) in [6, 6.07) is -0.443. The third kappa shape index (κ3) is 2.99. The fraction of sp³-hybridized carbons (Fsp3) is 0.667. The molecule has 0 aromatic carbocycles. The first-order valence-electron chi connectivity index (χ1n) is 5.93. The number of amides is 2. The van der Waals surface area contributed by atoms with Gasteiger partial charge in [0, 0.05) is 6.54 Å². The predicted octanol–water partition coefficient (Wildman–Crippen LogP) is 1.51. The molecule has 0 aromatic heterocycles. The Labute approximate surface area is 101 Å². The van der Waals surface area contributed by atoms with E-state index in [2.05, 4.69) is 17.2 Å². The highest BCUT2D eigenvalue weighted by atomic mass is 16.4. The van der Waals surface area contributed by atoms with Crippen molar-refractivity contribution in [3.63, 3.8) is 0 Å². The molecule has 2 atom stereocenters. The Hall–Kier alpha value is -1.52. The summed E-state index contributed by atoms with van der Waals surface area (Å²) in [5, 5.41) is 14.5. The molecule has 0 spiro atoms. The number of carbonyl (C=O) groups excluding carboxylic acids is 1. The lowest BCUT2D eigenvalue weighted by molar-refractivity contribution is -0.148. The Morgan fingerprint density at radius 2 is 2.24 bits per heavy atom. The summed E-state index contributed by atoms with van der Waals surface area (Å²) in [7, 11) is 0. The molecule has 2 amide bonds. The van der Waals surface area contributed by atoms with E-state index in [1.165, 1.54) is 0 Å². The number of carboxylic acids is 1. The van der Waals surface area contributed by atoms with E-state index >= 15 is 0 Å². The van der Waals surface area contributed by atoms with Crippen molar-refractivity contribution in [2.45, 2.75) is 38.1 Å². The Bertz CT molecular complexity index is 317. The molecule has 1 saturated carbocycles. The highest BCUT2D eigenvalue weighted by molar-refractivity contribution is 5.86. The summed E-state index contributed by atoms with van der Waals surface area (Å²) in [5.41, 5.74) is -1.12. The van der Waals surface area contributed by atoms with Crippen LogP contribution in [-0.4, -0.2) is 29.2 Å². The molecule has 2 unspecified atom stereocenters. The SMILES string of the molecule is C=CCNC(=O)NC1(C(=O)O)CCCCC1C. The van der Waals surface area contributed by atoms with Crippen LogP contribution in [0.4, 0.5) is 4.79 Å². The monoisotopic (exact) mass is 240 g/mol. The highest BCUT2D eigenvalue weighted by Gasteiger charge is 2.46. The minimum Gasteiger partial charge on any atom is -0.479 e. The zero-order valence-electron chi connectivity index (χ0n) is 10.2. The van der Waals surface area contributed by atoms with Crippen molar-refractivity contribution in [3.8, 4) is 0 Å². The van der Waals surface area contributed by atoms with Gasteiger partial charge in [0.25, 0.3) is 0 Å². The number of aliphatic carboxylic acids is 1. The smallest absolute Gasteiger partial charge is 0.329 e. The number of rotatable bonds is 4. The van der Waals surface area contributed by atoms with Gasteiger partial charge in [0.2, 0.25) is 0 Å². The third-order valence-electron chi connectivity index (χ3n) is 3.42. The molecule has 1 fully saturated rings. The molecule has 5 nitrogen and oxygen atoms in total. The molecule has 0 radical (unpaired) electrons. The van der Waals surface area contributed by atoms with Crippen molar-refractivity contribution in [2.24, 2.45) is 5.92 Å². The van der Waals surface area contributed by atoms with E-state index in [0.717, 1.165) is 19.3 Å². The number of hydrogen-bond donors (Lipinski definition) is 3. The van der Waals surface area contributed by atoms with Crippen LogP contribution in [0.15, 0.2) is 12.7 Å². The highest BCUT2D eigenvalue weighted by Crippen LogP contribution is 2.33. The van der Waals surface area contributed by atoms with Crippen LogP contribution in [0.5, 0.6) is 0 Å². The average Bonchev–Trinajstić information content (AvgIpc) is 2.29. The zero-order valence-corrected chi connectivity index (χ0v) is 10.2. The number of urea groups is 1. The molecule has 0 aromatic rings. The standard InChI is InChI=1S/C12H20N2O3/c1-3-8-13-11(17)14-12(10(15)16)7-5-4-6-9(12)2/h3,9H,1,4-8H2,2H3,(H,15,16)(H2,13,14,17). The van der Waals surface area contributed by atoms with Gasteiger partial charge in [-0.1, -0.05) is 25.8 Å². The lowest BCUT2D eigenvalue weighted by atomic mass is 9.73. The second-order valence-corrected chi connectivity index (χ2v) is 4.55. The first-order valence-corrected chi connectivity index (χ1v) is 5.93. The molecule has 17 heavy (non-hydrogen) atoms. The minimum absolute atomic E-state index is 0.0526. The largest absolute Gasteiger partial charge is 0.479 e. The molecule has 96 valence electrons. The Kier molecular flexibility index (Phi) is 4.54. The second kappa shape index (κ2) is 5.70. The van der Waals surface area contributed by atoms with Gasteiger partial charge in [0.15, 0.2) is 0 Å². The van der Waals surface area contributed by atoms with E-state index in [0.29, 0.717) is 13.0 Å². The fourth-order valence-electron chi connectivity index (χ4n) is 2.32. The fourth-order valence-corrected chi connectivity index (χ4v) is 2.32. The van der Waals surface area contributed by atoms with Gasteiger partial charge < -0.3 is 15.7 Å². The molecule has 0 aliphatic heterocycles. The lowest BCUT2D eigenvalue weighted by Crippen LogP contribution is -2.61. The lowest BCUT2D eigenvalue weighted by Gasteiger charge is -2.39. The van der Waals surface area contributed by atoms with Gasteiger partial charge in [-0.15, -0.1) is 6.58 Å². The quantitative estimate of drug-likeness (QED) is 0.652. The van der Waals surface area contributed by atoms with Crippen molar-refractivity contribution in [1.82, 2.24) is 10.6 Å². The van der Waals surface area contributed by atoms with Gasteiger partial charge in [0.05, 0.1) is 0 Å². The van der Waals surface area contributed by atoms with E-state index in [-0.39, 0.29) is 5.92 Å². The number of hydrogen-bond acceptors (Lipinski definition) is 2. The van der Waals surface area contributed by atoms with Gasteiger partial charge in [-0.05, 0) is 18.8 Å². The van der Waals surface area contributed by atoms with Crippen molar-refractivity contribution in [3.05, 3.63) is 12.7 Å². The van der Waals surface area contributed by atoms with E-state index in [9.17, 15) is 14.7 Å². The summed E-state index contributed by atoms with van der Waals surface area (Å²) in [6.07, 6.45) is 4.72. The second-order valence-electron chi connectivity index (χ2n) is 4.55. The van der Waals surface area contributed by atoms with Crippen LogP contribution in [-0.2, 0) is 4.79 Å². The third-order valence-corrected chi connectivity index (χ3v) is 3.42. The maximum absolute atomic E-state index is 11.6. The predicted molar refractivity (Wildman–Crippen MR) is 64.7 cm³/mol. The summed E-state index contributed by atoms with van der Waals surface area (Å²) in [5.74, 6) is -0.998. The van der Waals surface area contributed by atoms with Gasteiger partial charge in [-0.2, -0.15) is 0 Å². The molecule has 0 bridgehead atoms. The van der Waals surface area contributed by atoms with Gasteiger partial charge in [-0.3, -0.25) is 0 Å². The van der Waals surface area contributed by atoms with Crippen LogP contribution in [0.3, 0.4) is 0 Å². The molecule has 3 N–H and O–H groups in total. The van der Waals surface area contributed by atoms with E-state index in [1.54, 1.807) is 6.08 Å². The van der Waals surface area contributed by atoms with Crippen LogP contribution in [0, 0.1) is 5.92 Å². The van der Waals surface area contributed by atoms with Crippen LogP contribution < -0.4 is 10.6 Å². The van der Waals surface area contributed by atoms with Crippen LogP contribution in [0.2, 0.25) is 0 Å². The first-order chi connectivity index (χ1) is 8.03. The molecule has 1 aliphatic carbocycles. The van der Waals surface area contributed by atoms with Gasteiger partial charge in [0.1, 0.15) is 5.54 Å². The summed E-state index contributed by atoms with van der Waals surface area (Å²) < 4.78 is 0. The summed E-state index contributed by atoms with van der Waals surface area (Å²) >= 11 is 0. The topological polar surface area (TPSA) is 78.4 Å². The van der Waals surface area contributed by atoms with Crippen LogP contribution >= 0.6 is 0 Å². The van der Waals surface area contributed by atoms with Gasteiger partial charge in [-0.25, -0.2) is 9.59 Å². The van der Waals surface area contributed by atoms with E-state index in [1.807, 2.05) is 6.92 Å². The van der Waals surface area contributed by atoms with Crippen molar-refractivity contribution < 1.29 is 14.7 Å². The molecule has 1 aliphatic rings. The van der Waals surface area contributed by atoms with E-state index < -0.39 is 17.5 Å². The summed E-state index contributed by atoms with van der Waals surface area (Å²) in [6.45, 7) is 5.69. The van der Waals surface area contributed by atoms with Crippen molar-refractivity contribution in [1.29, 1.82) is 0 Å². The summed E-state index contributed by atoms with van der Waals surface area (Å²) in [4.78, 5) is 23.0. The molecular formula is C12H20N2O3. The minimum atomic E-state index is -1.12. The maximum Gasteiger partial charge on any atom is 0.329 e. The van der Waals surface area contributed by atoms with E-state index in [4.69, 9.17) is 0 Å². The zero-order chi connectivity index (χ0) is 12.9. The first kappa shape index (κ1) is 13.5. The Morgan fingerprint density at radius 1 is 1.53 bits per heavy atom. The number of carbonyl (C=O) groups is 2. The normalized spacial score (nSPS) is 28.2. The molecule has 5 heteroatoms. The maximum atomic E-state index is 11.6. The Morgan fingerprint density at radius 3 is 2.76 bits per heavy atom. The number of carboxylic acid groups (broad SMARTS) is 1. The van der Waals surface area contributed by atoms with Crippen molar-refractivity contribution in [2.75, 3.05) is 6.54 Å². The van der Waals surface area contributed by atoms with Crippen LogP contribution in [0.1, 0.15) is 32.6 Å². The number of nitrogens with one attached hydrogen (secondary N) is 2. The van der Waals surface area contributed by atoms with Crippen LogP contribution in [0.25, 0.3) is 0 Å². The molecular weight excluding hydrogens is 220 g/mol. The van der Waals surface area contributed by atoms with Gasteiger partial charge >= 0.3 is 12.0 Å².